The predicted octanol–water partition coefficient (Wildman–Crippen LogP) is -0.0257. The molecule has 1 N–H and O–H groups in total. The molecule has 0 bridgehead atoms. The molecule has 1 saturated carbocycles. The number of halogens is 3. The Hall–Kier alpha value is -1.80. The molecule has 0 spiro atoms. The molecule has 1 heterocycles. The van der Waals surface area contributed by atoms with E-state index in [1.807, 2.05) is 30.8 Å². The van der Waals surface area contributed by atoms with Crippen LogP contribution in [0, 0.1) is 12.8 Å². The van der Waals surface area contributed by atoms with Gasteiger partial charge in [-0.15, -0.1) is 0 Å². The number of nitrogens with zero attached hydrogens (tertiary/aromatic N) is 2. The van der Waals surface area contributed by atoms with Crippen molar-refractivity contribution in [3.63, 3.8) is 0 Å². The van der Waals surface area contributed by atoms with Gasteiger partial charge < -0.3 is 26.8 Å². The molecule has 5 nitrogen and oxygen atoms in total. The molecule has 0 amide bonds. The van der Waals surface area contributed by atoms with Gasteiger partial charge in [-0.25, -0.2) is 22.7 Å². The Morgan fingerprint density at radius 3 is 2.62 bits per heavy atom. The summed E-state index contributed by atoms with van der Waals surface area (Å²) in [6, 6.07) is 8.26. The summed E-state index contributed by atoms with van der Waals surface area (Å²) in [7, 11) is 0. The summed E-state index contributed by atoms with van der Waals surface area (Å²) in [4.78, 5) is 12.9. The number of ether oxygens (including phenoxy) is 1. The van der Waals surface area contributed by atoms with Crippen molar-refractivity contribution < 1.29 is 45.0 Å². The number of carbonyl (C=O) groups excluding carboxylic acids is 1. The Kier molecular flexibility index (Phi) is 7.56. The number of imidazole rings is 1. The number of aliphatic hydroxyl groups is 1. The number of rotatable bonds is 7. The highest BCUT2D eigenvalue weighted by atomic mass is 79.9. The first-order valence-corrected chi connectivity index (χ1v) is 9.66. The van der Waals surface area contributed by atoms with Crippen LogP contribution in [0.2, 0.25) is 0 Å². The van der Waals surface area contributed by atoms with Crippen LogP contribution < -0.4 is 21.5 Å². The summed E-state index contributed by atoms with van der Waals surface area (Å²) >= 11 is 0. The fourth-order valence-electron chi connectivity index (χ4n) is 3.98. The molecule has 0 saturated heterocycles. The molecule has 8 heteroatoms. The zero-order valence-electron chi connectivity index (χ0n) is 16.7. The van der Waals surface area contributed by atoms with Crippen LogP contribution in [0.25, 0.3) is 0 Å². The van der Waals surface area contributed by atoms with Gasteiger partial charge in [-0.3, -0.25) is 0 Å². The maximum atomic E-state index is 13.8. The molecule has 29 heavy (non-hydrogen) atoms. The van der Waals surface area contributed by atoms with Crippen LogP contribution in [0.3, 0.4) is 0 Å². The van der Waals surface area contributed by atoms with E-state index < -0.39 is 29.8 Å². The largest absolute Gasteiger partial charge is 1.00 e. The standard InChI is InChI=1S/C21H27F2N2O3.BrH/c1-3-24-11-12-25(16(24)2)13-14-28-19(26)21(27,17-7-5-4-6-8-17)18-9-10-20(22,23)15-18;/h4-8,11-12,18,27H,3,9-10,13-15H2,1-2H3;1H/q+1;/p-1. The molecular weight excluding hydrogens is 446 g/mol. The van der Waals surface area contributed by atoms with Crippen LogP contribution >= 0.6 is 0 Å². The van der Waals surface area contributed by atoms with Crippen LogP contribution in [0.4, 0.5) is 8.78 Å². The van der Waals surface area contributed by atoms with Crippen LogP contribution in [0.15, 0.2) is 42.7 Å². The molecule has 1 aromatic carbocycles. The van der Waals surface area contributed by atoms with Crippen molar-refractivity contribution in [2.24, 2.45) is 5.92 Å². The van der Waals surface area contributed by atoms with Crippen molar-refractivity contribution in [1.29, 1.82) is 0 Å². The zero-order chi connectivity index (χ0) is 20.4. The van der Waals surface area contributed by atoms with Crippen molar-refractivity contribution >= 4 is 5.97 Å². The zero-order valence-corrected chi connectivity index (χ0v) is 18.2. The van der Waals surface area contributed by atoms with Gasteiger partial charge in [0.25, 0.3) is 5.82 Å². The van der Waals surface area contributed by atoms with Crippen LogP contribution in [0.1, 0.15) is 37.6 Å². The van der Waals surface area contributed by atoms with E-state index in [1.54, 1.807) is 30.3 Å². The fourth-order valence-corrected chi connectivity index (χ4v) is 3.98. The third kappa shape index (κ3) is 4.86. The highest BCUT2D eigenvalue weighted by Gasteiger charge is 2.54. The molecule has 1 aromatic heterocycles. The normalized spacial score (nSPS) is 20.0. The van der Waals surface area contributed by atoms with Gasteiger partial charge in [-0.05, 0) is 18.9 Å². The first-order valence-electron chi connectivity index (χ1n) is 9.66. The van der Waals surface area contributed by atoms with E-state index in [-0.39, 0.29) is 36.4 Å². The Labute approximate surface area is 180 Å². The molecular formula is C21H27BrF2N2O3. The van der Waals surface area contributed by atoms with Gasteiger partial charge in [0.15, 0.2) is 5.60 Å². The van der Waals surface area contributed by atoms with Gasteiger partial charge in [0.1, 0.15) is 25.5 Å². The molecule has 1 fully saturated rings. The number of aromatic nitrogens is 2. The minimum Gasteiger partial charge on any atom is -1.00 e. The second-order valence-electron chi connectivity index (χ2n) is 7.39. The van der Waals surface area contributed by atoms with Crippen LogP contribution in [-0.2, 0) is 28.2 Å². The first-order chi connectivity index (χ1) is 13.3. The lowest BCUT2D eigenvalue weighted by Crippen LogP contribution is -3.00. The summed E-state index contributed by atoms with van der Waals surface area (Å²) in [5.74, 6) is -3.60. The molecule has 2 aromatic rings. The molecule has 2 atom stereocenters. The van der Waals surface area contributed by atoms with Gasteiger partial charge in [0, 0.05) is 25.7 Å². The average Bonchev–Trinajstić information content (AvgIpc) is 3.23. The number of aryl methyl sites for hydroxylation is 1. The molecule has 0 aliphatic heterocycles. The van der Waals surface area contributed by atoms with E-state index in [1.165, 1.54) is 0 Å². The maximum Gasteiger partial charge on any atom is 0.343 e. The van der Waals surface area contributed by atoms with E-state index in [2.05, 4.69) is 4.57 Å². The van der Waals surface area contributed by atoms with Crippen LogP contribution in [-0.4, -0.2) is 28.2 Å². The van der Waals surface area contributed by atoms with Crippen molar-refractivity contribution in [1.82, 2.24) is 4.57 Å². The topological polar surface area (TPSA) is 55.3 Å². The third-order valence-corrected chi connectivity index (χ3v) is 5.68. The predicted molar refractivity (Wildman–Crippen MR) is 98.6 cm³/mol. The number of hydrogen-bond donors (Lipinski definition) is 1. The number of alkyl halides is 2. The Balaban J connectivity index is 0.00000300. The third-order valence-electron chi connectivity index (χ3n) is 5.68. The van der Waals surface area contributed by atoms with E-state index in [9.17, 15) is 18.7 Å². The lowest BCUT2D eigenvalue weighted by molar-refractivity contribution is -0.703. The van der Waals surface area contributed by atoms with Gasteiger partial charge in [-0.2, -0.15) is 0 Å². The monoisotopic (exact) mass is 472 g/mol. The minimum absolute atomic E-state index is 0. The maximum absolute atomic E-state index is 13.8. The van der Waals surface area contributed by atoms with Crippen molar-refractivity contribution in [2.75, 3.05) is 6.61 Å². The highest BCUT2D eigenvalue weighted by molar-refractivity contribution is 5.81. The molecule has 0 radical (unpaired) electrons. The Bertz CT molecular complexity index is 829. The van der Waals surface area contributed by atoms with Crippen molar-refractivity contribution in [2.45, 2.75) is 57.7 Å². The SMILES string of the molecule is CCn1cc[n+](CCOC(=O)C(O)(c2ccccc2)C2CCC(F)(F)C2)c1C.[Br-]. The number of hydrogen-bond acceptors (Lipinski definition) is 3. The van der Waals surface area contributed by atoms with Gasteiger partial charge >= 0.3 is 5.97 Å². The summed E-state index contributed by atoms with van der Waals surface area (Å²) in [5, 5.41) is 11.3. The first kappa shape index (κ1) is 23.5. The minimum atomic E-state index is -2.87. The van der Waals surface area contributed by atoms with Gasteiger partial charge in [-0.1, -0.05) is 30.3 Å². The molecule has 1 aliphatic carbocycles. The van der Waals surface area contributed by atoms with E-state index in [0.29, 0.717) is 12.1 Å². The van der Waals surface area contributed by atoms with Gasteiger partial charge in [0.2, 0.25) is 5.92 Å². The summed E-state index contributed by atoms with van der Waals surface area (Å²) in [5.41, 5.74) is -1.78. The van der Waals surface area contributed by atoms with Crippen LogP contribution in [0.5, 0.6) is 0 Å². The Morgan fingerprint density at radius 2 is 2.07 bits per heavy atom. The van der Waals surface area contributed by atoms with E-state index in [4.69, 9.17) is 4.74 Å². The fraction of sp³-hybridized carbons (Fsp3) is 0.524. The van der Waals surface area contributed by atoms with Gasteiger partial charge in [0.05, 0.1) is 6.54 Å². The summed E-state index contributed by atoms with van der Waals surface area (Å²) < 4.78 is 37.0. The molecule has 3 rings (SSSR count). The summed E-state index contributed by atoms with van der Waals surface area (Å²) in [6.45, 7) is 5.32. The lowest BCUT2D eigenvalue weighted by atomic mass is 9.80. The number of benzene rings is 1. The Morgan fingerprint density at radius 1 is 1.38 bits per heavy atom. The highest BCUT2D eigenvalue weighted by Crippen LogP contribution is 2.47. The van der Waals surface area contributed by atoms with Crippen molar-refractivity contribution in [3.8, 4) is 0 Å². The summed E-state index contributed by atoms with van der Waals surface area (Å²) in [6.07, 6.45) is 3.05. The van der Waals surface area contributed by atoms with Crippen molar-refractivity contribution in [3.05, 3.63) is 54.1 Å². The lowest BCUT2D eigenvalue weighted by Gasteiger charge is -2.32. The second kappa shape index (κ2) is 9.34. The quantitative estimate of drug-likeness (QED) is 0.454. The molecule has 160 valence electrons. The number of carbonyl (C=O) groups is 1. The number of esters is 1. The average molecular weight is 473 g/mol. The smallest absolute Gasteiger partial charge is 0.343 e. The molecule has 2 unspecified atom stereocenters. The second-order valence-corrected chi connectivity index (χ2v) is 7.39. The van der Waals surface area contributed by atoms with E-state index in [0.717, 1.165) is 12.4 Å². The van der Waals surface area contributed by atoms with E-state index >= 15 is 0 Å². The molecule has 1 aliphatic rings.